The Bertz CT molecular complexity index is 532. The van der Waals surface area contributed by atoms with Crippen LogP contribution in [0.1, 0.15) is 49.7 Å². The monoisotopic (exact) mass is 334 g/mol. The zero-order valence-corrected chi connectivity index (χ0v) is 13.3. The molecule has 0 amide bonds. The largest absolute Gasteiger partial charge is 0.298 e. The summed E-state index contributed by atoms with van der Waals surface area (Å²) in [6.07, 6.45) is 4.47. The second-order valence-corrected chi connectivity index (χ2v) is 6.90. The quantitative estimate of drug-likeness (QED) is 0.764. The van der Waals surface area contributed by atoms with E-state index in [9.17, 15) is 9.59 Å². The van der Waals surface area contributed by atoms with Gasteiger partial charge < -0.3 is 0 Å². The molecule has 3 aliphatic rings. The first-order valence-corrected chi connectivity index (χ1v) is 8.27. The lowest BCUT2D eigenvalue weighted by Crippen LogP contribution is -2.26. The van der Waals surface area contributed by atoms with E-state index in [2.05, 4.69) is 22.9 Å². The van der Waals surface area contributed by atoms with Crippen LogP contribution in [0.25, 0.3) is 0 Å². The number of hydrogen-bond donors (Lipinski definition) is 0. The van der Waals surface area contributed by atoms with Crippen molar-refractivity contribution in [1.82, 2.24) is 0 Å². The molecule has 2 nitrogen and oxygen atoms in total. The number of halogens is 1. The van der Waals surface area contributed by atoms with Crippen molar-refractivity contribution in [2.45, 2.75) is 44.9 Å². The molecule has 0 radical (unpaired) electrons. The predicted molar refractivity (Wildman–Crippen MR) is 81.7 cm³/mol. The molecule has 106 valence electrons. The molecule has 1 aromatic rings. The van der Waals surface area contributed by atoms with E-state index >= 15 is 0 Å². The molecule has 3 heteroatoms. The van der Waals surface area contributed by atoms with Crippen LogP contribution >= 0.6 is 15.9 Å². The van der Waals surface area contributed by atoms with E-state index in [1.807, 2.05) is 18.2 Å². The number of rotatable bonds is 2. The Morgan fingerprint density at radius 3 is 2.10 bits per heavy atom. The summed E-state index contributed by atoms with van der Waals surface area (Å²) in [6.45, 7) is 2.08. The fourth-order valence-corrected chi connectivity index (χ4v) is 4.12. The molecule has 0 spiro atoms. The van der Waals surface area contributed by atoms with Crippen molar-refractivity contribution in [3.63, 3.8) is 0 Å². The lowest BCUT2D eigenvalue weighted by Gasteiger charge is -2.19. The molecule has 0 aliphatic heterocycles. The summed E-state index contributed by atoms with van der Waals surface area (Å²) >= 11 is 3.47. The van der Waals surface area contributed by atoms with Gasteiger partial charge in [0.1, 0.15) is 5.92 Å². The number of aryl methyl sites for hydroxylation is 1. The minimum atomic E-state index is -0.512. The maximum Gasteiger partial charge on any atom is 0.150 e. The van der Waals surface area contributed by atoms with Crippen molar-refractivity contribution in [3.05, 3.63) is 33.8 Å². The molecule has 3 saturated carbocycles. The fourth-order valence-electron chi connectivity index (χ4n) is 3.74. The minimum Gasteiger partial charge on any atom is -0.298 e. The van der Waals surface area contributed by atoms with E-state index in [1.54, 1.807) is 0 Å². The van der Waals surface area contributed by atoms with Gasteiger partial charge in [-0.05, 0) is 55.4 Å². The highest BCUT2D eigenvalue weighted by molar-refractivity contribution is 9.10. The lowest BCUT2D eigenvalue weighted by molar-refractivity contribution is -0.130. The lowest BCUT2D eigenvalue weighted by atomic mass is 9.83. The van der Waals surface area contributed by atoms with E-state index in [4.69, 9.17) is 0 Å². The van der Waals surface area contributed by atoms with Gasteiger partial charge in [0, 0.05) is 16.3 Å². The highest BCUT2D eigenvalue weighted by atomic mass is 79.9. The highest BCUT2D eigenvalue weighted by Gasteiger charge is 2.44. The molecular formula is C17H19BrO2. The number of ketones is 2. The maximum absolute atomic E-state index is 12.8. The summed E-state index contributed by atoms with van der Waals surface area (Å²) in [5, 5.41) is 0. The first-order chi connectivity index (χ1) is 9.61. The summed E-state index contributed by atoms with van der Waals surface area (Å²) < 4.78 is 0.946. The molecule has 0 N–H and O–H groups in total. The molecule has 0 saturated heterocycles. The van der Waals surface area contributed by atoms with Crippen molar-refractivity contribution in [3.8, 4) is 0 Å². The second-order valence-electron chi connectivity index (χ2n) is 5.98. The standard InChI is InChI=1S/C17H19BrO2/c1-2-10-7-8-13(18)9-14(10)15-16(19)11-3-4-12(6-5-11)17(15)20/h7-9,11-12,15H,2-6H2,1H3. The minimum absolute atomic E-state index is 0.103. The first-order valence-electron chi connectivity index (χ1n) is 7.47. The molecule has 3 aliphatic carbocycles. The predicted octanol–water partition coefficient (Wildman–Crippen LogP) is 4.05. The first kappa shape index (κ1) is 14.0. The topological polar surface area (TPSA) is 34.1 Å². The van der Waals surface area contributed by atoms with Crippen LogP contribution in [-0.4, -0.2) is 11.6 Å². The van der Waals surface area contributed by atoms with Gasteiger partial charge in [0.25, 0.3) is 0 Å². The average Bonchev–Trinajstić information content (AvgIpc) is 2.65. The van der Waals surface area contributed by atoms with Crippen LogP contribution in [0.15, 0.2) is 22.7 Å². The van der Waals surface area contributed by atoms with Gasteiger partial charge in [-0.25, -0.2) is 0 Å². The Hall–Kier alpha value is -0.960. The summed E-state index contributed by atoms with van der Waals surface area (Å²) in [5.74, 6) is 0.0332. The van der Waals surface area contributed by atoms with Gasteiger partial charge in [-0.2, -0.15) is 0 Å². The zero-order valence-electron chi connectivity index (χ0n) is 11.7. The number of Topliss-reactive ketones (excluding diaryl/α,β-unsaturated/α-hetero) is 2. The summed E-state index contributed by atoms with van der Waals surface area (Å²) in [7, 11) is 0. The average molecular weight is 335 g/mol. The molecule has 0 heterocycles. The third-order valence-electron chi connectivity index (χ3n) is 4.90. The van der Waals surface area contributed by atoms with Crippen LogP contribution in [-0.2, 0) is 16.0 Å². The van der Waals surface area contributed by atoms with Gasteiger partial charge in [-0.15, -0.1) is 0 Å². The van der Waals surface area contributed by atoms with Crippen LogP contribution in [0, 0.1) is 11.8 Å². The molecule has 20 heavy (non-hydrogen) atoms. The Balaban J connectivity index is 2.10. The molecule has 4 rings (SSSR count). The second kappa shape index (κ2) is 5.44. The van der Waals surface area contributed by atoms with Crippen LogP contribution in [0.5, 0.6) is 0 Å². The number of hydrogen-bond acceptors (Lipinski definition) is 2. The maximum atomic E-state index is 12.8. The van der Waals surface area contributed by atoms with E-state index in [-0.39, 0.29) is 23.4 Å². The molecule has 0 atom stereocenters. The van der Waals surface area contributed by atoms with E-state index < -0.39 is 5.92 Å². The van der Waals surface area contributed by atoms with Crippen molar-refractivity contribution < 1.29 is 9.59 Å². The zero-order chi connectivity index (χ0) is 14.3. The van der Waals surface area contributed by atoms with Gasteiger partial charge in [-0.3, -0.25) is 9.59 Å². The van der Waals surface area contributed by atoms with E-state index in [1.165, 1.54) is 0 Å². The molecular weight excluding hydrogens is 316 g/mol. The Kier molecular flexibility index (Phi) is 3.80. The molecule has 0 unspecified atom stereocenters. The number of carbonyl (C=O) groups excluding carboxylic acids is 2. The molecule has 0 aromatic heterocycles. The van der Waals surface area contributed by atoms with Gasteiger partial charge in [0.2, 0.25) is 0 Å². The summed E-state index contributed by atoms with van der Waals surface area (Å²) in [6, 6.07) is 6.00. The molecule has 1 aromatic carbocycles. The number of benzene rings is 1. The van der Waals surface area contributed by atoms with Crippen molar-refractivity contribution in [1.29, 1.82) is 0 Å². The summed E-state index contributed by atoms with van der Waals surface area (Å²) in [5.41, 5.74) is 2.07. The SMILES string of the molecule is CCc1ccc(Br)cc1C1C(=O)C2CCC(CC2)C1=O. The number of carbonyl (C=O) groups is 2. The molecule has 2 bridgehead atoms. The van der Waals surface area contributed by atoms with E-state index in [0.29, 0.717) is 0 Å². The number of fused-ring (bicyclic) bond motifs is 4. The van der Waals surface area contributed by atoms with Gasteiger partial charge >= 0.3 is 0 Å². The highest BCUT2D eigenvalue weighted by Crippen LogP contribution is 2.42. The van der Waals surface area contributed by atoms with Crippen molar-refractivity contribution >= 4 is 27.5 Å². The van der Waals surface area contributed by atoms with Gasteiger partial charge in [-0.1, -0.05) is 28.9 Å². The van der Waals surface area contributed by atoms with Gasteiger partial charge in [0.05, 0.1) is 0 Å². The smallest absolute Gasteiger partial charge is 0.150 e. The summed E-state index contributed by atoms with van der Waals surface area (Å²) in [4.78, 5) is 25.5. The Morgan fingerprint density at radius 1 is 1.05 bits per heavy atom. The van der Waals surface area contributed by atoms with Crippen LogP contribution in [0.3, 0.4) is 0 Å². The third-order valence-corrected chi connectivity index (χ3v) is 5.39. The van der Waals surface area contributed by atoms with Crippen LogP contribution < -0.4 is 0 Å². The molecule has 3 fully saturated rings. The van der Waals surface area contributed by atoms with E-state index in [0.717, 1.165) is 47.7 Å². The van der Waals surface area contributed by atoms with Crippen molar-refractivity contribution in [2.75, 3.05) is 0 Å². The third kappa shape index (κ3) is 2.26. The normalized spacial score (nSPS) is 29.6. The fraction of sp³-hybridized carbons (Fsp3) is 0.529. The van der Waals surface area contributed by atoms with Crippen LogP contribution in [0.4, 0.5) is 0 Å². The van der Waals surface area contributed by atoms with Crippen molar-refractivity contribution in [2.24, 2.45) is 11.8 Å². The Labute approximate surface area is 128 Å². The van der Waals surface area contributed by atoms with Gasteiger partial charge in [0.15, 0.2) is 11.6 Å². The Morgan fingerprint density at radius 2 is 1.60 bits per heavy atom. The van der Waals surface area contributed by atoms with Crippen LogP contribution in [0.2, 0.25) is 0 Å².